The monoisotopic (exact) mass is 404 g/mol. The summed E-state index contributed by atoms with van der Waals surface area (Å²) in [5.41, 5.74) is 0.613. The smallest absolute Gasteiger partial charge is 0.321 e. The zero-order chi connectivity index (χ0) is 21.6. The van der Waals surface area contributed by atoms with Crippen molar-refractivity contribution in [3.63, 3.8) is 0 Å². The molecule has 0 aromatic heterocycles. The van der Waals surface area contributed by atoms with Crippen LogP contribution in [0.2, 0.25) is 0 Å². The molecule has 7 heteroatoms. The Hall–Kier alpha value is -2.12. The number of amides is 3. The van der Waals surface area contributed by atoms with Crippen molar-refractivity contribution in [2.75, 3.05) is 38.5 Å². The highest BCUT2D eigenvalue weighted by atomic mass is 16.3. The summed E-state index contributed by atoms with van der Waals surface area (Å²) >= 11 is 0. The van der Waals surface area contributed by atoms with Crippen LogP contribution >= 0.6 is 0 Å². The number of carbonyl (C=O) groups excluding carboxylic acids is 2. The molecule has 0 saturated carbocycles. The lowest BCUT2D eigenvalue weighted by Crippen LogP contribution is -2.43. The molecule has 0 bridgehead atoms. The van der Waals surface area contributed by atoms with Gasteiger partial charge in [-0.15, -0.1) is 0 Å². The van der Waals surface area contributed by atoms with Gasteiger partial charge in [0.05, 0.1) is 17.4 Å². The van der Waals surface area contributed by atoms with Gasteiger partial charge in [0.2, 0.25) is 0 Å². The number of nitrogens with one attached hydrogen (secondary N) is 2. The van der Waals surface area contributed by atoms with E-state index in [1.807, 2.05) is 27.7 Å². The van der Waals surface area contributed by atoms with Crippen LogP contribution in [0.3, 0.4) is 0 Å². The van der Waals surface area contributed by atoms with Gasteiger partial charge < -0.3 is 25.5 Å². The highest BCUT2D eigenvalue weighted by Crippen LogP contribution is 2.20. The van der Waals surface area contributed by atoms with Gasteiger partial charge in [-0.05, 0) is 71.7 Å². The highest BCUT2D eigenvalue weighted by molar-refractivity contribution is 6.03. The van der Waals surface area contributed by atoms with Crippen molar-refractivity contribution in [2.24, 2.45) is 5.92 Å². The van der Waals surface area contributed by atoms with Crippen LogP contribution in [0, 0.1) is 5.92 Å². The highest BCUT2D eigenvalue weighted by Gasteiger charge is 2.24. The number of benzene rings is 1. The van der Waals surface area contributed by atoms with Crippen LogP contribution < -0.4 is 10.6 Å². The van der Waals surface area contributed by atoms with E-state index in [2.05, 4.69) is 15.5 Å². The molecule has 1 fully saturated rings. The number of rotatable bonds is 6. The maximum Gasteiger partial charge on any atom is 0.321 e. The summed E-state index contributed by atoms with van der Waals surface area (Å²) in [7, 11) is 1.79. The van der Waals surface area contributed by atoms with Gasteiger partial charge in [-0.2, -0.15) is 0 Å². The summed E-state index contributed by atoms with van der Waals surface area (Å²) in [6, 6.07) is 6.85. The minimum absolute atomic E-state index is 0.207. The molecule has 1 atom stereocenters. The molecule has 1 aliphatic heterocycles. The number of likely N-dealkylation sites (tertiary alicyclic amines) is 1. The number of aliphatic hydroxyl groups is 1. The molecule has 0 unspecified atom stereocenters. The van der Waals surface area contributed by atoms with Crippen molar-refractivity contribution in [1.82, 2.24) is 15.1 Å². The summed E-state index contributed by atoms with van der Waals surface area (Å²) in [4.78, 5) is 29.2. The molecular weight excluding hydrogens is 368 g/mol. The number of carbonyl (C=O) groups is 2. The largest absolute Gasteiger partial charge is 0.392 e. The van der Waals surface area contributed by atoms with E-state index in [-0.39, 0.29) is 23.6 Å². The molecule has 0 aliphatic carbocycles. The molecule has 1 aromatic rings. The fraction of sp³-hybridized carbons (Fsp3) is 0.636. The van der Waals surface area contributed by atoms with Crippen LogP contribution in [0.4, 0.5) is 10.5 Å². The fourth-order valence-corrected chi connectivity index (χ4v) is 3.60. The van der Waals surface area contributed by atoms with E-state index < -0.39 is 0 Å². The Morgan fingerprint density at radius 1 is 1.24 bits per heavy atom. The first-order valence-corrected chi connectivity index (χ1v) is 10.4. The molecule has 3 N–H and O–H groups in total. The average Bonchev–Trinajstić information content (AvgIpc) is 2.61. The van der Waals surface area contributed by atoms with E-state index in [4.69, 9.17) is 0 Å². The van der Waals surface area contributed by atoms with Gasteiger partial charge in [0, 0.05) is 25.7 Å². The van der Waals surface area contributed by atoms with Crippen molar-refractivity contribution >= 4 is 17.6 Å². The summed E-state index contributed by atoms with van der Waals surface area (Å²) in [6.07, 6.45) is 1.71. The first-order valence-electron chi connectivity index (χ1n) is 10.4. The number of β-amino-alcohol motifs (C(OH)–C–C–N with tert-alkyl or cyclic N) is 1. The molecule has 1 aliphatic rings. The normalized spacial score (nSPS) is 16.9. The quantitative estimate of drug-likeness (QED) is 0.681. The summed E-state index contributed by atoms with van der Waals surface area (Å²) in [5, 5.41) is 15.3. The van der Waals surface area contributed by atoms with E-state index >= 15 is 0 Å². The number of hydrogen-bond acceptors (Lipinski definition) is 4. The molecular formula is C22H36N4O3. The van der Waals surface area contributed by atoms with Crippen molar-refractivity contribution in [3.05, 3.63) is 29.8 Å². The van der Waals surface area contributed by atoms with E-state index in [9.17, 15) is 14.7 Å². The molecule has 7 nitrogen and oxygen atoms in total. The number of aliphatic hydroxyl groups excluding tert-OH is 1. The first kappa shape index (κ1) is 23.2. The van der Waals surface area contributed by atoms with Gasteiger partial charge in [-0.25, -0.2) is 4.79 Å². The predicted molar refractivity (Wildman–Crippen MR) is 116 cm³/mol. The number of para-hydroxylation sites is 1. The molecule has 1 saturated heterocycles. The van der Waals surface area contributed by atoms with Crippen molar-refractivity contribution in [3.8, 4) is 0 Å². The van der Waals surface area contributed by atoms with E-state index in [1.165, 1.54) is 0 Å². The van der Waals surface area contributed by atoms with Crippen LogP contribution in [0.15, 0.2) is 24.3 Å². The Kier molecular flexibility index (Phi) is 8.05. The molecule has 1 heterocycles. The standard InChI is InChI=1S/C22H36N4O3/c1-16(27)14-26-12-10-17(11-13-26)15-25(5)21(29)23-19-9-7-6-8-18(19)20(28)24-22(2,3)4/h6-9,16-17,27H,10-15H2,1-5H3,(H,23,29)(H,24,28)/t16-/m0/s1. The molecule has 0 radical (unpaired) electrons. The maximum atomic E-state index is 12.7. The molecule has 29 heavy (non-hydrogen) atoms. The van der Waals surface area contributed by atoms with Gasteiger partial charge in [0.15, 0.2) is 0 Å². The van der Waals surface area contributed by atoms with Gasteiger partial charge in [-0.3, -0.25) is 4.79 Å². The van der Waals surface area contributed by atoms with Crippen molar-refractivity contribution in [1.29, 1.82) is 0 Å². The van der Waals surface area contributed by atoms with Crippen LogP contribution in [-0.4, -0.2) is 71.7 Å². The zero-order valence-corrected chi connectivity index (χ0v) is 18.4. The number of anilines is 1. The molecule has 2 rings (SSSR count). The maximum absolute atomic E-state index is 12.7. The number of nitrogens with zero attached hydrogens (tertiary/aromatic N) is 2. The Balaban J connectivity index is 1.91. The third kappa shape index (κ3) is 7.66. The summed E-state index contributed by atoms with van der Waals surface area (Å²) < 4.78 is 0. The van der Waals surface area contributed by atoms with Crippen LogP contribution in [-0.2, 0) is 0 Å². The third-order valence-corrected chi connectivity index (χ3v) is 5.01. The van der Waals surface area contributed by atoms with E-state index in [0.717, 1.165) is 25.9 Å². The minimum Gasteiger partial charge on any atom is -0.392 e. The Labute approximate surface area is 174 Å². The Bertz CT molecular complexity index is 692. The minimum atomic E-state index is -0.353. The molecule has 3 amide bonds. The van der Waals surface area contributed by atoms with Gasteiger partial charge >= 0.3 is 6.03 Å². The van der Waals surface area contributed by atoms with Crippen molar-refractivity contribution in [2.45, 2.75) is 52.2 Å². The number of hydrogen-bond donors (Lipinski definition) is 3. The first-order chi connectivity index (χ1) is 13.5. The lowest BCUT2D eigenvalue weighted by atomic mass is 9.96. The van der Waals surface area contributed by atoms with Crippen molar-refractivity contribution < 1.29 is 14.7 Å². The lowest BCUT2D eigenvalue weighted by molar-refractivity contribution is 0.0920. The summed E-state index contributed by atoms with van der Waals surface area (Å²) in [6.45, 7) is 10.8. The Morgan fingerprint density at radius 3 is 2.45 bits per heavy atom. The van der Waals surface area contributed by atoms with Gasteiger partial charge in [-0.1, -0.05) is 12.1 Å². The van der Waals surface area contributed by atoms with Crippen LogP contribution in [0.1, 0.15) is 50.9 Å². The van der Waals surface area contributed by atoms with Gasteiger partial charge in [0.1, 0.15) is 0 Å². The third-order valence-electron chi connectivity index (χ3n) is 5.01. The van der Waals surface area contributed by atoms with E-state index in [1.54, 1.807) is 36.2 Å². The fourth-order valence-electron chi connectivity index (χ4n) is 3.60. The lowest BCUT2D eigenvalue weighted by Gasteiger charge is -2.34. The second-order valence-corrected chi connectivity index (χ2v) is 9.15. The van der Waals surface area contributed by atoms with E-state index in [0.29, 0.717) is 30.3 Å². The average molecular weight is 405 g/mol. The van der Waals surface area contributed by atoms with Crippen LogP contribution in [0.5, 0.6) is 0 Å². The predicted octanol–water partition coefficient (Wildman–Crippen LogP) is 2.77. The Morgan fingerprint density at radius 2 is 1.86 bits per heavy atom. The molecule has 0 spiro atoms. The topological polar surface area (TPSA) is 84.9 Å². The second-order valence-electron chi connectivity index (χ2n) is 9.15. The summed E-state index contributed by atoms with van der Waals surface area (Å²) in [5.74, 6) is 0.233. The number of urea groups is 1. The van der Waals surface area contributed by atoms with Gasteiger partial charge in [0.25, 0.3) is 5.91 Å². The second kappa shape index (κ2) is 10.1. The molecule has 1 aromatic carbocycles. The SMILES string of the molecule is C[C@H](O)CN1CCC(CN(C)C(=O)Nc2ccccc2C(=O)NC(C)(C)C)CC1. The zero-order valence-electron chi connectivity index (χ0n) is 18.4. The molecule has 162 valence electrons. The number of piperidine rings is 1. The van der Waals surface area contributed by atoms with Crippen LogP contribution in [0.25, 0.3) is 0 Å².